The van der Waals surface area contributed by atoms with Gasteiger partial charge in [0.2, 0.25) is 0 Å². The van der Waals surface area contributed by atoms with Crippen molar-refractivity contribution >= 4 is 16.8 Å². The van der Waals surface area contributed by atoms with Gasteiger partial charge in [-0.15, -0.1) is 0 Å². The molecule has 0 radical (unpaired) electrons. The maximum atomic E-state index is 12.1. The van der Waals surface area contributed by atoms with E-state index >= 15 is 0 Å². The van der Waals surface area contributed by atoms with E-state index in [9.17, 15) is 4.21 Å². The first-order valence-electron chi connectivity index (χ1n) is 8.92. The third-order valence-electron chi connectivity index (χ3n) is 3.67. The van der Waals surface area contributed by atoms with Gasteiger partial charge in [-0.3, -0.25) is 9.20 Å². The van der Waals surface area contributed by atoms with Crippen LogP contribution >= 0.6 is 0 Å². The van der Waals surface area contributed by atoms with Crippen LogP contribution in [0.3, 0.4) is 0 Å². The third kappa shape index (κ3) is 8.08. The van der Waals surface area contributed by atoms with Crippen molar-refractivity contribution in [2.24, 2.45) is 4.99 Å². The highest BCUT2D eigenvalue weighted by Crippen LogP contribution is 2.16. The van der Waals surface area contributed by atoms with E-state index in [1.807, 2.05) is 63.9 Å². The number of hydrogen-bond donors (Lipinski definition) is 1. The predicted octanol–water partition coefficient (Wildman–Crippen LogP) is 2.52. The molecule has 0 aromatic heterocycles. The Hall–Kier alpha value is -1.76. The number of benzene rings is 1. The van der Waals surface area contributed by atoms with E-state index in [4.69, 9.17) is 9.47 Å². The van der Waals surface area contributed by atoms with Crippen molar-refractivity contribution < 1.29 is 13.7 Å². The Morgan fingerprint density at radius 1 is 1.23 bits per heavy atom. The molecule has 148 valence electrons. The second-order valence-corrected chi connectivity index (χ2v) is 9.17. The molecule has 0 aliphatic heterocycles. The Balaban J connectivity index is 2.49. The van der Waals surface area contributed by atoms with Crippen molar-refractivity contribution in [2.75, 3.05) is 46.2 Å². The van der Waals surface area contributed by atoms with E-state index < -0.39 is 10.8 Å². The molecule has 26 heavy (non-hydrogen) atoms. The van der Waals surface area contributed by atoms with Crippen molar-refractivity contribution in [2.45, 2.75) is 32.4 Å². The number of guanidine groups is 1. The van der Waals surface area contributed by atoms with E-state index in [-0.39, 0.29) is 4.75 Å². The van der Waals surface area contributed by atoms with E-state index in [0.29, 0.717) is 25.4 Å². The summed E-state index contributed by atoms with van der Waals surface area (Å²) in [6.45, 7) is 10.6. The van der Waals surface area contributed by atoms with Crippen molar-refractivity contribution in [3.05, 3.63) is 24.3 Å². The smallest absolute Gasteiger partial charge is 0.193 e. The molecule has 0 saturated carbocycles. The molecule has 0 saturated heterocycles. The molecule has 1 aromatic carbocycles. The minimum atomic E-state index is -0.892. The van der Waals surface area contributed by atoms with Gasteiger partial charge in [0.15, 0.2) is 5.96 Å². The minimum absolute atomic E-state index is 0.202. The Morgan fingerprint density at radius 3 is 2.38 bits per heavy atom. The number of methoxy groups -OCH3 is 1. The normalized spacial score (nSPS) is 13.2. The zero-order valence-corrected chi connectivity index (χ0v) is 17.7. The van der Waals surface area contributed by atoms with Crippen LogP contribution in [0.15, 0.2) is 29.3 Å². The minimum Gasteiger partial charge on any atom is -0.497 e. The Labute approximate surface area is 160 Å². The second kappa shape index (κ2) is 11.1. The molecule has 0 aliphatic rings. The summed E-state index contributed by atoms with van der Waals surface area (Å²) in [5, 5.41) is 3.26. The molecule has 0 fully saturated rings. The third-order valence-corrected chi connectivity index (χ3v) is 5.59. The quantitative estimate of drug-likeness (QED) is 0.524. The average Bonchev–Trinajstić information content (AvgIpc) is 2.60. The molecule has 1 unspecified atom stereocenters. The topological polar surface area (TPSA) is 63.2 Å². The van der Waals surface area contributed by atoms with Gasteiger partial charge in [0, 0.05) is 34.9 Å². The van der Waals surface area contributed by atoms with Gasteiger partial charge >= 0.3 is 0 Å². The summed E-state index contributed by atoms with van der Waals surface area (Å²) in [4.78, 5) is 6.60. The highest BCUT2D eigenvalue weighted by Gasteiger charge is 2.18. The van der Waals surface area contributed by atoms with Gasteiger partial charge in [-0.2, -0.15) is 0 Å². The van der Waals surface area contributed by atoms with E-state index in [1.54, 1.807) is 7.11 Å². The van der Waals surface area contributed by atoms with Crippen LogP contribution in [0.2, 0.25) is 0 Å². The van der Waals surface area contributed by atoms with Crippen molar-refractivity contribution in [3.8, 4) is 11.5 Å². The fraction of sp³-hybridized carbons (Fsp3) is 0.632. The molecule has 1 N–H and O–H groups in total. The summed E-state index contributed by atoms with van der Waals surface area (Å²) in [5.41, 5.74) is 0. The summed E-state index contributed by atoms with van der Waals surface area (Å²) in [5.74, 6) is 2.98. The molecule has 1 atom stereocenters. The molecular formula is C19H33N3O3S. The Morgan fingerprint density at radius 2 is 1.85 bits per heavy atom. The lowest BCUT2D eigenvalue weighted by Crippen LogP contribution is -2.41. The van der Waals surface area contributed by atoms with Crippen LogP contribution in [-0.4, -0.2) is 66.0 Å². The SMILES string of the molecule is CCNC(=NCCS(=O)C(C)(C)C)N(C)CCOc1ccc(OC)cc1. The van der Waals surface area contributed by atoms with E-state index in [2.05, 4.69) is 10.3 Å². The molecule has 0 spiro atoms. The van der Waals surface area contributed by atoms with Gasteiger partial charge in [-0.1, -0.05) is 0 Å². The molecule has 1 aromatic rings. The maximum absolute atomic E-state index is 12.1. The summed E-state index contributed by atoms with van der Waals surface area (Å²) in [6.07, 6.45) is 0. The van der Waals surface area contributed by atoms with Crippen LogP contribution in [0.1, 0.15) is 27.7 Å². The first-order chi connectivity index (χ1) is 12.3. The zero-order chi connectivity index (χ0) is 19.6. The summed E-state index contributed by atoms with van der Waals surface area (Å²) in [7, 11) is 2.72. The Bertz CT molecular complexity index is 583. The highest BCUT2D eigenvalue weighted by atomic mass is 32.2. The first kappa shape index (κ1) is 22.3. The standard InChI is InChI=1S/C19H33N3O3S/c1-7-20-18(21-12-15-26(23)19(2,3)4)22(5)13-14-25-17-10-8-16(24-6)9-11-17/h8-11H,7,12-15H2,1-6H3,(H,20,21). The van der Waals surface area contributed by atoms with Gasteiger partial charge < -0.3 is 19.7 Å². The first-order valence-corrected chi connectivity index (χ1v) is 10.2. The lowest BCUT2D eigenvalue weighted by atomic mass is 10.3. The zero-order valence-electron chi connectivity index (χ0n) is 16.9. The van der Waals surface area contributed by atoms with Crippen LogP contribution in [0, 0.1) is 0 Å². The van der Waals surface area contributed by atoms with Crippen molar-refractivity contribution in [3.63, 3.8) is 0 Å². The number of ether oxygens (including phenoxy) is 2. The monoisotopic (exact) mass is 383 g/mol. The fourth-order valence-corrected chi connectivity index (χ4v) is 2.96. The lowest BCUT2D eigenvalue weighted by Gasteiger charge is -2.22. The molecular weight excluding hydrogens is 350 g/mol. The van der Waals surface area contributed by atoms with Crippen LogP contribution in [-0.2, 0) is 10.8 Å². The largest absolute Gasteiger partial charge is 0.497 e. The Kier molecular flexibility index (Phi) is 9.48. The number of nitrogens with zero attached hydrogens (tertiary/aromatic N) is 2. The summed E-state index contributed by atoms with van der Waals surface area (Å²) < 4.78 is 22.8. The van der Waals surface area contributed by atoms with Gasteiger partial charge in [-0.25, -0.2) is 0 Å². The number of hydrogen-bond acceptors (Lipinski definition) is 4. The van der Waals surface area contributed by atoms with Crippen LogP contribution in [0.5, 0.6) is 11.5 Å². The predicted molar refractivity (Wildman–Crippen MR) is 110 cm³/mol. The van der Waals surface area contributed by atoms with Crippen LogP contribution < -0.4 is 14.8 Å². The molecule has 0 amide bonds. The van der Waals surface area contributed by atoms with Gasteiger partial charge in [0.05, 0.1) is 20.2 Å². The van der Waals surface area contributed by atoms with Gasteiger partial charge in [0.1, 0.15) is 18.1 Å². The molecule has 0 heterocycles. The number of rotatable bonds is 9. The fourth-order valence-electron chi connectivity index (χ4n) is 2.09. The summed E-state index contributed by atoms with van der Waals surface area (Å²) >= 11 is 0. The second-order valence-electron chi connectivity index (χ2n) is 6.84. The van der Waals surface area contributed by atoms with E-state index in [0.717, 1.165) is 24.0 Å². The number of likely N-dealkylation sites (N-methyl/N-ethyl adjacent to an activating group) is 1. The maximum Gasteiger partial charge on any atom is 0.193 e. The molecule has 7 heteroatoms. The van der Waals surface area contributed by atoms with E-state index in [1.165, 1.54) is 0 Å². The lowest BCUT2D eigenvalue weighted by molar-refractivity contribution is 0.281. The molecule has 6 nitrogen and oxygen atoms in total. The van der Waals surface area contributed by atoms with Crippen molar-refractivity contribution in [1.82, 2.24) is 10.2 Å². The molecule has 0 aliphatic carbocycles. The van der Waals surface area contributed by atoms with Crippen LogP contribution in [0.25, 0.3) is 0 Å². The van der Waals surface area contributed by atoms with Crippen LogP contribution in [0.4, 0.5) is 0 Å². The number of aliphatic imine (C=N–C) groups is 1. The molecule has 1 rings (SSSR count). The average molecular weight is 384 g/mol. The highest BCUT2D eigenvalue weighted by molar-refractivity contribution is 7.86. The summed E-state index contributed by atoms with van der Waals surface area (Å²) in [6, 6.07) is 7.53. The van der Waals surface area contributed by atoms with Crippen molar-refractivity contribution in [1.29, 1.82) is 0 Å². The van der Waals surface area contributed by atoms with Gasteiger partial charge in [-0.05, 0) is 52.0 Å². The molecule has 0 bridgehead atoms. The number of nitrogens with one attached hydrogen (secondary N) is 1. The van der Waals surface area contributed by atoms with Gasteiger partial charge in [0.25, 0.3) is 0 Å².